The lowest BCUT2D eigenvalue weighted by atomic mass is 9.85. The van der Waals surface area contributed by atoms with E-state index >= 15 is 0 Å². The largest absolute Gasteiger partial charge is 0.386 e. The average Bonchev–Trinajstić information content (AvgIpc) is 2.31. The van der Waals surface area contributed by atoms with Crippen LogP contribution in [0.5, 0.6) is 0 Å². The highest BCUT2D eigenvalue weighted by atomic mass is 14.9. The maximum absolute atomic E-state index is 9.36. The molecule has 0 atom stereocenters. The maximum Gasteiger partial charge on any atom is 0.102 e. The molecule has 0 spiro atoms. The van der Waals surface area contributed by atoms with Gasteiger partial charge in [0.15, 0.2) is 0 Å². The third-order valence-corrected chi connectivity index (χ3v) is 4.02. The zero-order chi connectivity index (χ0) is 13.1. The minimum Gasteiger partial charge on any atom is -0.386 e. The smallest absolute Gasteiger partial charge is 0.102 e. The van der Waals surface area contributed by atoms with E-state index in [9.17, 15) is 5.26 Å². The number of nitrogens with zero attached hydrogens (tertiary/aromatic N) is 1. The van der Waals surface area contributed by atoms with E-state index in [-0.39, 0.29) is 0 Å². The second kappa shape index (κ2) is 5.30. The van der Waals surface area contributed by atoms with Gasteiger partial charge in [-0.25, -0.2) is 0 Å². The Kier molecular flexibility index (Phi) is 3.76. The van der Waals surface area contributed by atoms with Crippen molar-refractivity contribution in [1.29, 1.82) is 5.26 Å². The summed E-state index contributed by atoms with van der Waals surface area (Å²) in [6.45, 7) is 5.04. The third-order valence-electron chi connectivity index (χ3n) is 4.02. The van der Waals surface area contributed by atoms with Crippen LogP contribution in [0.15, 0.2) is 6.07 Å². The minimum absolute atomic E-state index is 0.777. The van der Waals surface area contributed by atoms with E-state index in [1.54, 1.807) is 0 Å². The minimum atomic E-state index is 0.777. The lowest BCUT2D eigenvalue weighted by molar-refractivity contribution is 0.333. The Labute approximate surface area is 109 Å². The molecule has 1 aromatic rings. The summed E-state index contributed by atoms with van der Waals surface area (Å²) in [5.41, 5.74) is 5.00. The first-order valence-corrected chi connectivity index (χ1v) is 6.63. The molecule has 0 aromatic heterocycles. The van der Waals surface area contributed by atoms with Crippen molar-refractivity contribution in [2.24, 2.45) is 5.92 Å². The van der Waals surface area contributed by atoms with Gasteiger partial charge in [-0.15, -0.1) is 0 Å². The Morgan fingerprint density at radius 2 is 2.11 bits per heavy atom. The summed E-state index contributed by atoms with van der Waals surface area (Å²) >= 11 is 0. The van der Waals surface area contributed by atoms with Gasteiger partial charge in [0.25, 0.3) is 0 Å². The molecule has 0 heterocycles. The first-order valence-electron chi connectivity index (χ1n) is 6.63. The SMILES string of the molecule is CNc1cc(C)c(C)c(C#N)c1NCC1CCC1. The van der Waals surface area contributed by atoms with Gasteiger partial charge >= 0.3 is 0 Å². The molecule has 1 aliphatic rings. The molecule has 1 fully saturated rings. The molecular weight excluding hydrogens is 222 g/mol. The normalized spacial score (nSPS) is 14.8. The van der Waals surface area contributed by atoms with Crippen LogP contribution in [-0.2, 0) is 0 Å². The number of hydrogen-bond donors (Lipinski definition) is 2. The molecule has 0 saturated heterocycles. The van der Waals surface area contributed by atoms with Gasteiger partial charge in [-0.1, -0.05) is 6.42 Å². The molecule has 3 heteroatoms. The van der Waals surface area contributed by atoms with Crippen molar-refractivity contribution >= 4 is 11.4 Å². The molecule has 1 aromatic carbocycles. The quantitative estimate of drug-likeness (QED) is 0.851. The molecule has 0 unspecified atom stereocenters. The van der Waals surface area contributed by atoms with Gasteiger partial charge in [-0.05, 0) is 49.8 Å². The first-order chi connectivity index (χ1) is 8.67. The number of hydrogen-bond acceptors (Lipinski definition) is 3. The van der Waals surface area contributed by atoms with E-state index < -0.39 is 0 Å². The standard InChI is InChI=1S/C15H21N3/c1-10-7-14(17-3)15(13(8-16)11(10)2)18-9-12-5-4-6-12/h7,12,17-18H,4-6,9H2,1-3H3. The van der Waals surface area contributed by atoms with Crippen molar-refractivity contribution in [2.75, 3.05) is 24.2 Å². The van der Waals surface area contributed by atoms with Gasteiger partial charge in [-0.2, -0.15) is 5.26 Å². The highest BCUT2D eigenvalue weighted by molar-refractivity contribution is 5.78. The number of aryl methyl sites for hydroxylation is 1. The van der Waals surface area contributed by atoms with E-state index in [0.29, 0.717) is 0 Å². The van der Waals surface area contributed by atoms with Crippen molar-refractivity contribution in [3.63, 3.8) is 0 Å². The van der Waals surface area contributed by atoms with Crippen LogP contribution in [0, 0.1) is 31.1 Å². The lowest BCUT2D eigenvalue weighted by Gasteiger charge is -2.27. The molecule has 1 saturated carbocycles. The Balaban J connectivity index is 2.30. The molecule has 18 heavy (non-hydrogen) atoms. The van der Waals surface area contributed by atoms with Crippen LogP contribution < -0.4 is 10.6 Å². The van der Waals surface area contributed by atoms with Gasteiger partial charge in [0.1, 0.15) is 6.07 Å². The van der Waals surface area contributed by atoms with Crippen LogP contribution in [0.25, 0.3) is 0 Å². The molecule has 0 amide bonds. The highest BCUT2D eigenvalue weighted by Crippen LogP contribution is 2.33. The van der Waals surface area contributed by atoms with Crippen molar-refractivity contribution in [3.8, 4) is 6.07 Å². The van der Waals surface area contributed by atoms with Crippen LogP contribution in [0.3, 0.4) is 0 Å². The summed E-state index contributed by atoms with van der Waals surface area (Å²) in [6.07, 6.45) is 3.98. The Bertz CT molecular complexity index is 481. The fourth-order valence-corrected chi connectivity index (χ4v) is 2.38. The summed E-state index contributed by atoms with van der Waals surface area (Å²) in [4.78, 5) is 0. The van der Waals surface area contributed by atoms with Crippen LogP contribution in [0.2, 0.25) is 0 Å². The van der Waals surface area contributed by atoms with E-state index in [1.165, 1.54) is 19.3 Å². The van der Waals surface area contributed by atoms with Crippen molar-refractivity contribution in [2.45, 2.75) is 33.1 Å². The highest BCUT2D eigenvalue weighted by Gasteiger charge is 2.19. The summed E-state index contributed by atoms with van der Waals surface area (Å²) in [5, 5.41) is 16.0. The number of anilines is 2. The summed E-state index contributed by atoms with van der Waals surface area (Å²) in [7, 11) is 1.90. The Morgan fingerprint density at radius 1 is 1.39 bits per heavy atom. The van der Waals surface area contributed by atoms with Gasteiger partial charge in [-0.3, -0.25) is 0 Å². The molecule has 3 nitrogen and oxygen atoms in total. The Hall–Kier alpha value is -1.69. The van der Waals surface area contributed by atoms with Crippen molar-refractivity contribution in [3.05, 3.63) is 22.8 Å². The average molecular weight is 243 g/mol. The van der Waals surface area contributed by atoms with E-state index in [4.69, 9.17) is 0 Å². The third kappa shape index (κ3) is 2.28. The predicted molar refractivity (Wildman–Crippen MR) is 76.0 cm³/mol. The van der Waals surface area contributed by atoms with Crippen molar-refractivity contribution < 1.29 is 0 Å². The van der Waals surface area contributed by atoms with Gasteiger partial charge < -0.3 is 10.6 Å². The fourth-order valence-electron chi connectivity index (χ4n) is 2.38. The number of rotatable bonds is 4. The first kappa shape index (κ1) is 12.8. The van der Waals surface area contributed by atoms with E-state index in [1.807, 2.05) is 20.9 Å². The summed E-state index contributed by atoms with van der Waals surface area (Å²) < 4.78 is 0. The number of nitriles is 1. The monoisotopic (exact) mass is 243 g/mol. The van der Waals surface area contributed by atoms with E-state index in [2.05, 4.69) is 22.8 Å². The van der Waals surface area contributed by atoms with Gasteiger partial charge in [0.2, 0.25) is 0 Å². The fraction of sp³-hybridized carbons (Fsp3) is 0.533. The molecular formula is C15H21N3. The molecule has 2 rings (SSSR count). The molecule has 0 bridgehead atoms. The molecule has 1 aliphatic carbocycles. The maximum atomic E-state index is 9.36. The topological polar surface area (TPSA) is 47.9 Å². The van der Waals surface area contributed by atoms with Gasteiger partial charge in [0.05, 0.1) is 16.9 Å². The number of benzene rings is 1. The summed E-state index contributed by atoms with van der Waals surface area (Å²) in [6, 6.07) is 4.45. The predicted octanol–water partition coefficient (Wildman–Crippen LogP) is 3.43. The second-order valence-electron chi connectivity index (χ2n) is 5.16. The van der Waals surface area contributed by atoms with Crippen molar-refractivity contribution in [1.82, 2.24) is 0 Å². The molecule has 0 aliphatic heterocycles. The molecule has 0 radical (unpaired) electrons. The Morgan fingerprint density at radius 3 is 2.61 bits per heavy atom. The van der Waals surface area contributed by atoms with Crippen LogP contribution in [-0.4, -0.2) is 13.6 Å². The lowest BCUT2D eigenvalue weighted by Crippen LogP contribution is -2.22. The van der Waals surface area contributed by atoms with E-state index in [0.717, 1.165) is 40.5 Å². The van der Waals surface area contributed by atoms with Gasteiger partial charge in [0, 0.05) is 13.6 Å². The molecule has 2 N–H and O–H groups in total. The van der Waals surface area contributed by atoms with Crippen LogP contribution >= 0.6 is 0 Å². The zero-order valence-electron chi connectivity index (χ0n) is 11.4. The molecule has 96 valence electrons. The second-order valence-corrected chi connectivity index (χ2v) is 5.16. The number of nitrogens with one attached hydrogen (secondary N) is 2. The van der Waals surface area contributed by atoms with Crippen LogP contribution in [0.4, 0.5) is 11.4 Å². The zero-order valence-corrected chi connectivity index (χ0v) is 11.4. The summed E-state index contributed by atoms with van der Waals surface area (Å²) in [5.74, 6) is 0.780. The van der Waals surface area contributed by atoms with Crippen LogP contribution in [0.1, 0.15) is 36.0 Å².